The van der Waals surface area contributed by atoms with E-state index in [1.54, 1.807) is 42.5 Å². The van der Waals surface area contributed by atoms with Gasteiger partial charge in [0.15, 0.2) is 24.4 Å². The van der Waals surface area contributed by atoms with Gasteiger partial charge in [0.25, 0.3) is 0 Å². The van der Waals surface area contributed by atoms with Gasteiger partial charge < -0.3 is 28.4 Å². The Morgan fingerprint density at radius 2 is 1.37 bits per heavy atom. The maximum Gasteiger partial charge on any atom is 0.306 e. The minimum Gasteiger partial charge on any atom is -0.485 e. The van der Waals surface area contributed by atoms with Gasteiger partial charge in [-0.2, -0.15) is 0 Å². The first-order chi connectivity index (χ1) is 22.5. The van der Waals surface area contributed by atoms with Gasteiger partial charge in [-0.15, -0.1) is 0 Å². The molecule has 9 nitrogen and oxygen atoms in total. The Kier molecular flexibility index (Phi) is 11.4. The van der Waals surface area contributed by atoms with E-state index in [2.05, 4.69) is 0 Å². The van der Waals surface area contributed by atoms with E-state index >= 15 is 0 Å². The molecule has 5 rings (SSSR count). The number of methoxy groups -OCH3 is 1. The van der Waals surface area contributed by atoms with Crippen molar-refractivity contribution in [2.75, 3.05) is 13.9 Å². The minimum atomic E-state index is -1.23. The molecular formula is C37H36O9. The molecule has 1 aliphatic heterocycles. The fourth-order valence-corrected chi connectivity index (χ4v) is 4.96. The molecule has 0 fully saturated rings. The van der Waals surface area contributed by atoms with Crippen LogP contribution in [0.3, 0.4) is 0 Å². The van der Waals surface area contributed by atoms with Crippen LogP contribution in [0.5, 0.6) is 17.2 Å². The van der Waals surface area contributed by atoms with Crippen LogP contribution in [0.1, 0.15) is 58.8 Å². The Labute approximate surface area is 268 Å². The van der Waals surface area contributed by atoms with E-state index in [1.807, 2.05) is 60.7 Å². The zero-order valence-electron chi connectivity index (χ0n) is 25.6. The molecule has 0 aromatic heterocycles. The van der Waals surface area contributed by atoms with E-state index in [-0.39, 0.29) is 38.0 Å². The van der Waals surface area contributed by atoms with Crippen LogP contribution in [0.2, 0.25) is 0 Å². The Balaban J connectivity index is 1.24. The molecule has 0 N–H and O–H groups in total. The van der Waals surface area contributed by atoms with Crippen molar-refractivity contribution in [1.82, 2.24) is 0 Å². The van der Waals surface area contributed by atoms with Crippen LogP contribution in [0.4, 0.5) is 0 Å². The minimum absolute atomic E-state index is 0.0264. The lowest BCUT2D eigenvalue weighted by Gasteiger charge is -2.32. The van der Waals surface area contributed by atoms with Gasteiger partial charge in [0, 0.05) is 25.5 Å². The number of unbranched alkanes of at least 4 members (excludes halogenated alkanes) is 1. The lowest BCUT2D eigenvalue weighted by atomic mass is 9.93. The van der Waals surface area contributed by atoms with E-state index in [9.17, 15) is 14.4 Å². The fourth-order valence-electron chi connectivity index (χ4n) is 4.96. The summed E-state index contributed by atoms with van der Waals surface area (Å²) in [6.07, 6.45) is -1.14. The van der Waals surface area contributed by atoms with Gasteiger partial charge in [-0.3, -0.25) is 14.4 Å². The highest BCUT2D eigenvalue weighted by Crippen LogP contribution is 2.40. The molecule has 0 aliphatic carbocycles. The number of carbonyl (C=O) groups excluding carboxylic acids is 3. The van der Waals surface area contributed by atoms with Crippen LogP contribution in [-0.2, 0) is 37.0 Å². The van der Waals surface area contributed by atoms with E-state index in [1.165, 1.54) is 7.11 Å². The van der Waals surface area contributed by atoms with Crippen molar-refractivity contribution in [3.63, 3.8) is 0 Å². The van der Waals surface area contributed by atoms with E-state index in [0.29, 0.717) is 47.8 Å². The third-order valence-electron chi connectivity index (χ3n) is 7.32. The summed E-state index contributed by atoms with van der Waals surface area (Å²) in [6.45, 7) is 0.490. The number of hydrogen-bond acceptors (Lipinski definition) is 9. The number of rotatable bonds is 15. The molecule has 0 radical (unpaired) electrons. The normalized spacial score (nSPS) is 15.3. The molecule has 0 saturated carbocycles. The van der Waals surface area contributed by atoms with Crippen molar-refractivity contribution in [3.8, 4) is 17.2 Å². The van der Waals surface area contributed by atoms with Gasteiger partial charge in [-0.05, 0) is 48.2 Å². The topological polar surface area (TPSA) is 107 Å². The van der Waals surface area contributed by atoms with E-state index in [0.717, 1.165) is 11.1 Å². The summed E-state index contributed by atoms with van der Waals surface area (Å²) in [5.41, 5.74) is 2.77. The van der Waals surface area contributed by atoms with Crippen LogP contribution in [-0.4, -0.2) is 37.7 Å². The summed E-state index contributed by atoms with van der Waals surface area (Å²) in [5, 5.41) is 0. The Morgan fingerprint density at radius 3 is 2.09 bits per heavy atom. The molecule has 0 saturated heterocycles. The number of ketones is 1. The van der Waals surface area contributed by atoms with Crippen molar-refractivity contribution in [2.45, 2.75) is 51.1 Å². The van der Waals surface area contributed by atoms with Crippen LogP contribution in [0, 0.1) is 0 Å². The predicted octanol–water partition coefficient (Wildman–Crippen LogP) is 6.78. The number of Topliss-reactive ketones (excluding diaryl/α,β-unsaturated/α-hetero) is 1. The average molecular weight is 625 g/mol. The Hall–Kier alpha value is -5.15. The number of fused-ring (bicyclic) bond motifs is 1. The predicted molar refractivity (Wildman–Crippen MR) is 168 cm³/mol. The molecule has 1 heterocycles. The molecule has 4 aromatic carbocycles. The molecule has 0 bridgehead atoms. The average Bonchev–Trinajstić information content (AvgIpc) is 3.09. The first kappa shape index (κ1) is 32.2. The zero-order chi connectivity index (χ0) is 32.1. The second-order valence-corrected chi connectivity index (χ2v) is 10.7. The first-order valence-corrected chi connectivity index (χ1v) is 15.1. The maximum atomic E-state index is 13.6. The number of hydrogen-bond donors (Lipinski definition) is 0. The largest absolute Gasteiger partial charge is 0.485 e. The van der Waals surface area contributed by atoms with Crippen molar-refractivity contribution < 1.29 is 42.8 Å². The molecule has 238 valence electrons. The lowest BCUT2D eigenvalue weighted by molar-refractivity contribution is -0.152. The second-order valence-electron chi connectivity index (χ2n) is 10.7. The number of ether oxygens (including phenoxy) is 6. The van der Waals surface area contributed by atoms with Crippen molar-refractivity contribution in [3.05, 3.63) is 125 Å². The molecule has 9 heteroatoms. The van der Waals surface area contributed by atoms with Crippen LogP contribution < -0.4 is 14.2 Å². The second kappa shape index (κ2) is 16.2. The molecule has 46 heavy (non-hydrogen) atoms. The van der Waals surface area contributed by atoms with Gasteiger partial charge in [-0.1, -0.05) is 78.9 Å². The van der Waals surface area contributed by atoms with Crippen molar-refractivity contribution in [1.29, 1.82) is 0 Å². The monoisotopic (exact) mass is 624 g/mol. The smallest absolute Gasteiger partial charge is 0.306 e. The van der Waals surface area contributed by atoms with Crippen LogP contribution in [0.25, 0.3) is 0 Å². The highest BCUT2D eigenvalue weighted by molar-refractivity contribution is 6.04. The van der Waals surface area contributed by atoms with Gasteiger partial charge >= 0.3 is 11.9 Å². The maximum absolute atomic E-state index is 13.6. The molecule has 2 unspecified atom stereocenters. The summed E-state index contributed by atoms with van der Waals surface area (Å²) < 4.78 is 34.3. The van der Waals surface area contributed by atoms with Crippen molar-refractivity contribution >= 4 is 17.7 Å². The molecule has 4 aromatic rings. The van der Waals surface area contributed by atoms with Crippen LogP contribution in [0.15, 0.2) is 103 Å². The lowest BCUT2D eigenvalue weighted by Crippen LogP contribution is -2.40. The highest BCUT2D eigenvalue weighted by Gasteiger charge is 2.41. The summed E-state index contributed by atoms with van der Waals surface area (Å²) in [5.74, 6) is -0.0245. The summed E-state index contributed by atoms with van der Waals surface area (Å²) in [6, 6.07) is 31.2. The Bertz CT molecular complexity index is 1600. The third-order valence-corrected chi connectivity index (χ3v) is 7.32. The molecule has 0 spiro atoms. The number of carbonyl (C=O) groups is 3. The molecule has 0 amide bonds. The van der Waals surface area contributed by atoms with Gasteiger partial charge in [0.1, 0.15) is 19.0 Å². The van der Waals surface area contributed by atoms with Crippen LogP contribution >= 0.6 is 0 Å². The summed E-state index contributed by atoms with van der Waals surface area (Å²) in [4.78, 5) is 38.8. The van der Waals surface area contributed by atoms with Gasteiger partial charge in [-0.25, -0.2) is 0 Å². The van der Waals surface area contributed by atoms with Gasteiger partial charge in [0.05, 0.1) is 5.56 Å². The molecular weight excluding hydrogens is 588 g/mol. The first-order valence-electron chi connectivity index (χ1n) is 15.1. The van der Waals surface area contributed by atoms with Crippen molar-refractivity contribution in [2.24, 2.45) is 0 Å². The molecule has 1 aliphatic rings. The highest BCUT2D eigenvalue weighted by atomic mass is 16.7. The molecule has 2 atom stereocenters. The van der Waals surface area contributed by atoms with E-state index < -0.39 is 18.2 Å². The standard InChI is InChI=1S/C37H36O9/c1-41-25-44-32-22-28(20-21-31(32)42-23-26-12-4-2-5-13-26)36-37(35(40)29-16-8-9-17-30(29)45-36)46-34(39)19-11-10-18-33(38)43-24-27-14-6-3-7-15-27/h2-9,12-17,20-22,36-37H,10-11,18-19,23-25H2,1H3. The number of benzene rings is 4. The summed E-state index contributed by atoms with van der Waals surface area (Å²) >= 11 is 0. The SMILES string of the molecule is COCOc1cc(C2Oc3ccccc3C(=O)C2OC(=O)CCCCC(=O)OCc2ccccc2)ccc1OCc1ccccc1. The van der Waals surface area contributed by atoms with E-state index in [4.69, 9.17) is 28.4 Å². The number of para-hydroxylation sites is 1. The van der Waals surface area contributed by atoms with Gasteiger partial charge in [0.2, 0.25) is 11.9 Å². The fraction of sp³-hybridized carbons (Fsp3) is 0.270. The quantitative estimate of drug-likeness (QED) is 0.0804. The summed E-state index contributed by atoms with van der Waals surface area (Å²) in [7, 11) is 1.51. The number of esters is 2. The zero-order valence-corrected chi connectivity index (χ0v) is 25.6. The Morgan fingerprint density at radius 1 is 0.717 bits per heavy atom. The third kappa shape index (κ3) is 8.73.